The van der Waals surface area contributed by atoms with Gasteiger partial charge in [-0.3, -0.25) is 0 Å². The molecule has 1 heterocycles. The van der Waals surface area contributed by atoms with Crippen molar-refractivity contribution in [3.05, 3.63) is 35.9 Å². The lowest BCUT2D eigenvalue weighted by molar-refractivity contribution is 0.227. The van der Waals surface area contributed by atoms with Crippen molar-refractivity contribution in [2.45, 2.75) is 6.10 Å². The Labute approximate surface area is 93.9 Å². The monoisotopic (exact) mass is 215 g/mol. The van der Waals surface area contributed by atoms with Crippen molar-refractivity contribution >= 4 is 12.6 Å². The Kier molecular flexibility index (Phi) is 2.69. The Balaban J connectivity index is 2.47. The zero-order valence-electron chi connectivity index (χ0n) is 8.80. The van der Waals surface area contributed by atoms with Gasteiger partial charge in [-0.15, -0.1) is 0 Å². The highest BCUT2D eigenvalue weighted by Crippen LogP contribution is 2.31. The molecule has 5 heteroatoms. The van der Waals surface area contributed by atoms with Crippen molar-refractivity contribution < 1.29 is 14.4 Å². The molecule has 0 aromatic heterocycles. The second kappa shape index (κ2) is 4.01. The van der Waals surface area contributed by atoms with Crippen LogP contribution in [0.1, 0.15) is 11.7 Å². The topological polar surface area (TPSA) is 62.5 Å². The van der Waals surface area contributed by atoms with Gasteiger partial charge in [0.05, 0.1) is 18.8 Å². The molecule has 0 spiro atoms. The van der Waals surface area contributed by atoms with Crippen molar-refractivity contribution in [1.82, 2.24) is 0 Å². The molecule has 0 amide bonds. The van der Waals surface area contributed by atoms with E-state index in [0.29, 0.717) is 11.2 Å². The van der Waals surface area contributed by atoms with Gasteiger partial charge in [-0.2, -0.15) is 5.26 Å². The van der Waals surface area contributed by atoms with Crippen LogP contribution < -0.4 is 10.2 Å². The average molecular weight is 215 g/mol. The number of nitrogens with zero attached hydrogens (tertiary/aromatic N) is 1. The first-order valence-electron chi connectivity index (χ1n) is 4.77. The highest BCUT2D eigenvalue weighted by molar-refractivity contribution is 6.61. The third-order valence-electron chi connectivity index (χ3n) is 2.57. The Bertz CT molecular complexity index is 481. The Morgan fingerprint density at radius 1 is 1.69 bits per heavy atom. The van der Waals surface area contributed by atoms with Crippen molar-refractivity contribution in [2.75, 3.05) is 7.11 Å². The SMILES string of the molecule is C=C(C#N)C1OB(O)c2ccc(OC)cc21. The molecule has 80 valence electrons. The molecule has 0 saturated heterocycles. The number of methoxy groups -OCH3 is 1. The van der Waals surface area contributed by atoms with Gasteiger partial charge in [-0.1, -0.05) is 12.6 Å². The van der Waals surface area contributed by atoms with E-state index >= 15 is 0 Å². The van der Waals surface area contributed by atoms with Gasteiger partial charge in [0, 0.05) is 0 Å². The van der Waals surface area contributed by atoms with Gasteiger partial charge >= 0.3 is 7.12 Å². The summed E-state index contributed by atoms with van der Waals surface area (Å²) in [5.74, 6) is 0.659. The number of ether oxygens (including phenoxy) is 1. The lowest BCUT2D eigenvalue weighted by Crippen LogP contribution is -2.27. The van der Waals surface area contributed by atoms with E-state index in [1.807, 2.05) is 6.07 Å². The lowest BCUT2D eigenvalue weighted by atomic mass is 9.79. The number of hydrogen-bond donors (Lipinski definition) is 1. The summed E-state index contributed by atoms with van der Waals surface area (Å²) >= 11 is 0. The highest BCUT2D eigenvalue weighted by atomic mass is 16.5. The molecule has 1 N–H and O–H groups in total. The van der Waals surface area contributed by atoms with Crippen molar-refractivity contribution in [3.8, 4) is 11.8 Å². The fourth-order valence-electron chi connectivity index (χ4n) is 1.74. The fraction of sp³-hybridized carbons (Fsp3) is 0.182. The van der Waals surface area contributed by atoms with Gasteiger partial charge in [-0.05, 0) is 23.2 Å². The minimum atomic E-state index is -1.00. The molecule has 1 aliphatic rings. The van der Waals surface area contributed by atoms with Crippen LogP contribution in [0.2, 0.25) is 0 Å². The van der Waals surface area contributed by atoms with Crippen LogP contribution in [0.25, 0.3) is 0 Å². The lowest BCUT2D eigenvalue weighted by Gasteiger charge is -2.10. The summed E-state index contributed by atoms with van der Waals surface area (Å²) in [4.78, 5) is 0. The number of hydrogen-bond acceptors (Lipinski definition) is 4. The number of fused-ring (bicyclic) bond motifs is 1. The van der Waals surface area contributed by atoms with Crippen molar-refractivity contribution in [3.63, 3.8) is 0 Å². The molecule has 0 fully saturated rings. The normalized spacial score (nSPS) is 17.8. The zero-order valence-corrected chi connectivity index (χ0v) is 8.80. The van der Waals surface area contributed by atoms with Crippen molar-refractivity contribution in [1.29, 1.82) is 5.26 Å². The molecule has 1 aromatic rings. The van der Waals surface area contributed by atoms with Crippen LogP contribution in [0.15, 0.2) is 30.4 Å². The van der Waals surface area contributed by atoms with E-state index in [4.69, 9.17) is 14.7 Å². The Morgan fingerprint density at radius 2 is 2.44 bits per heavy atom. The van der Waals surface area contributed by atoms with E-state index in [-0.39, 0.29) is 5.57 Å². The quantitative estimate of drug-likeness (QED) is 0.577. The molecule has 16 heavy (non-hydrogen) atoms. The first-order valence-corrected chi connectivity index (χ1v) is 4.77. The third kappa shape index (κ3) is 1.58. The minimum Gasteiger partial charge on any atom is -0.497 e. The smallest absolute Gasteiger partial charge is 0.492 e. The maximum Gasteiger partial charge on any atom is 0.492 e. The van der Waals surface area contributed by atoms with E-state index in [1.165, 1.54) is 0 Å². The molecule has 0 radical (unpaired) electrons. The maximum absolute atomic E-state index is 9.65. The van der Waals surface area contributed by atoms with Gasteiger partial charge in [0.1, 0.15) is 11.9 Å². The standard InChI is InChI=1S/C11H10BNO3/c1-7(6-13)11-9-5-8(15-2)3-4-10(9)12(14)16-11/h3-5,11,14H,1H2,2H3. The molecular formula is C11H10BNO3. The number of nitriles is 1. The van der Waals surface area contributed by atoms with Crippen LogP contribution in [0.4, 0.5) is 0 Å². The summed E-state index contributed by atoms with van der Waals surface area (Å²) in [5.41, 5.74) is 1.66. The summed E-state index contributed by atoms with van der Waals surface area (Å²) in [7, 11) is 0.554. The summed E-state index contributed by atoms with van der Waals surface area (Å²) in [6.07, 6.45) is -0.579. The summed E-state index contributed by atoms with van der Waals surface area (Å²) in [6, 6.07) is 7.15. The molecule has 1 aromatic carbocycles. The Morgan fingerprint density at radius 3 is 3.06 bits per heavy atom. The van der Waals surface area contributed by atoms with Crippen LogP contribution in [-0.2, 0) is 4.65 Å². The number of rotatable bonds is 2. The second-order valence-corrected chi connectivity index (χ2v) is 3.50. The molecule has 1 unspecified atom stereocenters. The van der Waals surface area contributed by atoms with E-state index < -0.39 is 13.2 Å². The van der Waals surface area contributed by atoms with E-state index in [0.717, 1.165) is 5.56 Å². The van der Waals surface area contributed by atoms with Crippen LogP contribution in [0.5, 0.6) is 5.75 Å². The average Bonchev–Trinajstić information content (AvgIpc) is 2.65. The fourth-order valence-corrected chi connectivity index (χ4v) is 1.74. The van der Waals surface area contributed by atoms with Gasteiger partial charge < -0.3 is 14.4 Å². The van der Waals surface area contributed by atoms with Gasteiger partial charge in [0.25, 0.3) is 0 Å². The largest absolute Gasteiger partial charge is 0.497 e. The van der Waals surface area contributed by atoms with Gasteiger partial charge in [0.2, 0.25) is 0 Å². The second-order valence-electron chi connectivity index (χ2n) is 3.50. The summed E-state index contributed by atoms with van der Waals surface area (Å²) < 4.78 is 10.3. The van der Waals surface area contributed by atoms with Gasteiger partial charge in [0.15, 0.2) is 0 Å². The highest BCUT2D eigenvalue weighted by Gasteiger charge is 2.36. The van der Waals surface area contributed by atoms with Crippen LogP contribution >= 0.6 is 0 Å². The Hall–Kier alpha value is -1.77. The first kappa shape index (κ1) is 10.7. The molecular weight excluding hydrogens is 205 g/mol. The first-order chi connectivity index (χ1) is 7.67. The van der Waals surface area contributed by atoms with Crippen molar-refractivity contribution in [2.24, 2.45) is 0 Å². The summed E-state index contributed by atoms with van der Waals surface area (Å²) in [6.45, 7) is 3.61. The molecule has 2 rings (SSSR count). The van der Waals surface area contributed by atoms with Crippen LogP contribution in [0.3, 0.4) is 0 Å². The number of benzene rings is 1. The zero-order chi connectivity index (χ0) is 11.7. The predicted octanol–water partition coefficient (Wildman–Crippen LogP) is 0.534. The van der Waals surface area contributed by atoms with Crippen LogP contribution in [0, 0.1) is 11.3 Å². The van der Waals surface area contributed by atoms with Gasteiger partial charge in [-0.25, -0.2) is 0 Å². The van der Waals surface area contributed by atoms with E-state index in [2.05, 4.69) is 6.58 Å². The molecule has 1 aliphatic heterocycles. The third-order valence-corrected chi connectivity index (χ3v) is 2.57. The molecule has 0 bridgehead atoms. The molecule has 0 saturated carbocycles. The predicted molar refractivity (Wildman–Crippen MR) is 59.2 cm³/mol. The molecule has 4 nitrogen and oxygen atoms in total. The maximum atomic E-state index is 9.65. The van der Waals surface area contributed by atoms with E-state index in [1.54, 1.807) is 25.3 Å². The van der Waals surface area contributed by atoms with E-state index in [9.17, 15) is 5.02 Å². The molecule has 0 aliphatic carbocycles. The molecule has 1 atom stereocenters. The summed E-state index contributed by atoms with van der Waals surface area (Å²) in [5, 5.41) is 18.4. The minimum absolute atomic E-state index is 0.269. The van der Waals surface area contributed by atoms with Crippen LogP contribution in [-0.4, -0.2) is 19.3 Å².